The predicted molar refractivity (Wildman–Crippen MR) is 126 cm³/mol. The second-order valence-electron chi connectivity index (χ2n) is 7.49. The van der Waals surface area contributed by atoms with Gasteiger partial charge in [0, 0.05) is 34.4 Å². The van der Waals surface area contributed by atoms with Crippen molar-refractivity contribution in [3.63, 3.8) is 0 Å². The average molecular weight is 541 g/mol. The van der Waals surface area contributed by atoms with Gasteiger partial charge in [0.1, 0.15) is 29.2 Å². The van der Waals surface area contributed by atoms with Crippen molar-refractivity contribution in [3.05, 3.63) is 58.7 Å². The largest absolute Gasteiger partial charge is 0.394 e. The Morgan fingerprint density at radius 2 is 2.03 bits per heavy atom. The normalized spacial score (nSPS) is 15.2. The topological polar surface area (TPSA) is 103 Å². The number of ether oxygens (including phenoxy) is 2. The Labute approximate surface area is 204 Å². The molecular weight excluding hydrogens is 515 g/mol. The summed E-state index contributed by atoms with van der Waals surface area (Å²) >= 11 is 4.75. The molecule has 0 saturated carbocycles. The minimum atomic E-state index is -0.884. The highest BCUT2D eigenvalue weighted by Crippen LogP contribution is 2.31. The molecule has 0 aliphatic rings. The van der Waals surface area contributed by atoms with Crippen LogP contribution in [0.3, 0.4) is 0 Å². The van der Waals surface area contributed by atoms with Crippen LogP contribution in [0.4, 0.5) is 4.39 Å². The number of pyridine rings is 1. The van der Waals surface area contributed by atoms with Gasteiger partial charge in [-0.1, -0.05) is 29.1 Å². The number of rotatable bonds is 11. The number of aryl methyl sites for hydroxylation is 1. The molecule has 3 rings (SSSR count). The Hall–Kier alpha value is -1.89. The Kier molecular flexibility index (Phi) is 9.36. The van der Waals surface area contributed by atoms with Crippen LogP contribution in [0.1, 0.15) is 12.5 Å². The smallest absolute Gasteiger partial charge is 0.136 e. The summed E-state index contributed by atoms with van der Waals surface area (Å²) in [5.74, 6) is -0.308. The summed E-state index contributed by atoms with van der Waals surface area (Å²) in [6, 6.07) is 6.79. The van der Waals surface area contributed by atoms with Crippen LogP contribution in [0.25, 0.3) is 11.3 Å². The summed E-state index contributed by atoms with van der Waals surface area (Å²) in [5, 5.41) is 27.9. The third-order valence-corrected chi connectivity index (χ3v) is 6.51. The third-order valence-electron chi connectivity index (χ3n) is 4.94. The van der Waals surface area contributed by atoms with E-state index in [9.17, 15) is 14.6 Å². The lowest BCUT2D eigenvalue weighted by atomic mass is 10.1. The van der Waals surface area contributed by atoms with Crippen LogP contribution in [-0.2, 0) is 16.0 Å². The minimum absolute atomic E-state index is 0.273. The fourth-order valence-electron chi connectivity index (χ4n) is 2.99. The highest BCUT2D eigenvalue weighted by atomic mass is 79.9. The van der Waals surface area contributed by atoms with E-state index in [1.165, 1.54) is 17.8 Å². The number of hydrogen-bond donors (Lipinski definition) is 2. The molecule has 4 atom stereocenters. The monoisotopic (exact) mass is 540 g/mol. The Morgan fingerprint density at radius 1 is 1.24 bits per heavy atom. The van der Waals surface area contributed by atoms with Crippen molar-refractivity contribution in [2.24, 2.45) is 0 Å². The molecule has 0 aliphatic carbocycles. The summed E-state index contributed by atoms with van der Waals surface area (Å²) < 4.78 is 28.1. The molecule has 2 heterocycles. The molecule has 178 valence electrons. The first-order valence-corrected chi connectivity index (χ1v) is 11.9. The van der Waals surface area contributed by atoms with Gasteiger partial charge < -0.3 is 19.7 Å². The van der Waals surface area contributed by atoms with Crippen LogP contribution < -0.4 is 0 Å². The van der Waals surface area contributed by atoms with Crippen LogP contribution in [0, 0.1) is 12.7 Å². The molecule has 0 spiro atoms. The quantitative estimate of drug-likeness (QED) is 0.281. The lowest BCUT2D eigenvalue weighted by Gasteiger charge is -2.30. The van der Waals surface area contributed by atoms with E-state index in [1.807, 2.05) is 6.07 Å². The molecule has 11 heteroatoms. The molecular formula is C22H26BrFN4O4S. The highest BCUT2D eigenvalue weighted by Gasteiger charge is 2.29. The van der Waals surface area contributed by atoms with Crippen LogP contribution in [0.15, 0.2) is 52.2 Å². The van der Waals surface area contributed by atoms with E-state index in [2.05, 4.69) is 31.2 Å². The summed E-state index contributed by atoms with van der Waals surface area (Å²) in [6.45, 7) is 3.17. The Bertz CT molecular complexity index is 1050. The van der Waals surface area contributed by atoms with Crippen LogP contribution in [0.5, 0.6) is 0 Å². The van der Waals surface area contributed by atoms with Crippen LogP contribution in [0.2, 0.25) is 0 Å². The van der Waals surface area contributed by atoms with E-state index in [1.54, 1.807) is 56.4 Å². The Balaban J connectivity index is 1.82. The van der Waals surface area contributed by atoms with Crippen molar-refractivity contribution in [2.45, 2.75) is 49.0 Å². The van der Waals surface area contributed by atoms with Crippen LogP contribution >= 0.6 is 27.7 Å². The van der Waals surface area contributed by atoms with Gasteiger partial charge in [0.2, 0.25) is 0 Å². The molecule has 8 nitrogen and oxygen atoms in total. The standard InChI is InChI=1S/C22H26BrFN4O4S/c1-13-4-5-15(6-18(13)24)19-10-28(27-26-19)11-20(31-3)22(32-21(12-29)14(2)30)33-17-7-16(23)8-25-9-17/h4-10,14,20-22,29-30H,11-12H2,1-3H3/t14-,20+,21?,22?/m1/s1. The molecule has 3 aromatic rings. The number of benzene rings is 1. The van der Waals surface area contributed by atoms with Crippen molar-refractivity contribution < 1.29 is 24.1 Å². The predicted octanol–water partition coefficient (Wildman–Crippen LogP) is 3.44. The van der Waals surface area contributed by atoms with E-state index < -0.39 is 23.7 Å². The van der Waals surface area contributed by atoms with Crippen LogP contribution in [-0.4, -0.2) is 67.7 Å². The molecule has 0 fully saturated rings. The molecule has 0 saturated heterocycles. The van der Waals surface area contributed by atoms with Gasteiger partial charge in [-0.25, -0.2) is 9.07 Å². The van der Waals surface area contributed by atoms with Gasteiger partial charge in [-0.3, -0.25) is 4.98 Å². The fraction of sp³-hybridized carbons (Fsp3) is 0.409. The first kappa shape index (κ1) is 25.7. The minimum Gasteiger partial charge on any atom is -0.394 e. The fourth-order valence-corrected chi connectivity index (χ4v) is 4.64. The summed E-state index contributed by atoms with van der Waals surface area (Å²) in [6.07, 6.45) is 2.86. The van der Waals surface area contributed by atoms with Crippen molar-refractivity contribution >= 4 is 27.7 Å². The second-order valence-corrected chi connectivity index (χ2v) is 9.57. The third kappa shape index (κ3) is 7.05. The summed E-state index contributed by atoms with van der Waals surface area (Å²) in [5.41, 5.74) is 1.10. The molecule has 2 unspecified atom stereocenters. The molecule has 0 aliphatic heterocycles. The number of aromatic nitrogens is 4. The van der Waals surface area contributed by atoms with Crippen molar-refractivity contribution in [2.75, 3.05) is 13.7 Å². The Morgan fingerprint density at radius 3 is 2.67 bits per heavy atom. The van der Waals surface area contributed by atoms with Gasteiger partial charge in [0.25, 0.3) is 0 Å². The van der Waals surface area contributed by atoms with Gasteiger partial charge in [-0.2, -0.15) is 0 Å². The number of thioether (sulfide) groups is 1. The maximum Gasteiger partial charge on any atom is 0.136 e. The first-order valence-electron chi connectivity index (χ1n) is 10.2. The maximum absolute atomic E-state index is 14.0. The molecule has 2 N–H and O–H groups in total. The molecule has 0 bridgehead atoms. The highest BCUT2D eigenvalue weighted by molar-refractivity contribution is 9.10. The zero-order chi connectivity index (χ0) is 24.0. The number of hydrogen-bond acceptors (Lipinski definition) is 8. The van der Waals surface area contributed by atoms with Gasteiger partial charge >= 0.3 is 0 Å². The number of aliphatic hydroxyl groups is 2. The van der Waals surface area contributed by atoms with E-state index in [-0.39, 0.29) is 19.0 Å². The van der Waals surface area contributed by atoms with Gasteiger partial charge in [0.05, 0.1) is 25.5 Å². The number of aliphatic hydroxyl groups excluding tert-OH is 2. The first-order chi connectivity index (χ1) is 15.8. The number of nitrogens with zero attached hydrogens (tertiary/aromatic N) is 4. The molecule has 2 aromatic heterocycles. The van der Waals surface area contributed by atoms with E-state index in [0.717, 1.165) is 9.37 Å². The van der Waals surface area contributed by atoms with Crippen molar-refractivity contribution in [1.82, 2.24) is 20.0 Å². The van der Waals surface area contributed by atoms with Gasteiger partial charge in [0.15, 0.2) is 0 Å². The van der Waals surface area contributed by atoms with E-state index >= 15 is 0 Å². The molecule has 0 radical (unpaired) electrons. The summed E-state index contributed by atoms with van der Waals surface area (Å²) in [4.78, 5) is 4.98. The lowest BCUT2D eigenvalue weighted by molar-refractivity contribution is -0.105. The maximum atomic E-state index is 14.0. The number of halogens is 2. The van der Waals surface area contributed by atoms with Gasteiger partial charge in [-0.05, 0) is 47.5 Å². The van der Waals surface area contributed by atoms with E-state index in [0.29, 0.717) is 16.8 Å². The molecule has 0 amide bonds. The average Bonchev–Trinajstić information content (AvgIpc) is 3.25. The molecule has 33 heavy (non-hydrogen) atoms. The van der Waals surface area contributed by atoms with Crippen molar-refractivity contribution in [1.29, 1.82) is 0 Å². The van der Waals surface area contributed by atoms with E-state index in [4.69, 9.17) is 9.47 Å². The zero-order valence-electron chi connectivity index (χ0n) is 18.4. The number of methoxy groups -OCH3 is 1. The zero-order valence-corrected chi connectivity index (χ0v) is 20.8. The molecule has 1 aromatic carbocycles. The van der Waals surface area contributed by atoms with Crippen molar-refractivity contribution in [3.8, 4) is 11.3 Å². The SMILES string of the molecule is CO[C@@H](Cn1cc(-c2ccc(C)c(F)c2)nn1)C(OC(CO)[C@@H](C)O)Sc1cncc(Br)c1. The second kappa shape index (κ2) is 12.0. The lowest BCUT2D eigenvalue weighted by Crippen LogP contribution is -2.40. The summed E-state index contributed by atoms with van der Waals surface area (Å²) in [7, 11) is 1.55. The van der Waals surface area contributed by atoms with Gasteiger partial charge in [-0.15, -0.1) is 5.10 Å².